The number of carbonyl (C=O) groups excluding carboxylic acids is 2. The van der Waals surface area contributed by atoms with E-state index >= 15 is 0 Å². The first-order valence-corrected chi connectivity index (χ1v) is 13.4. The zero-order valence-electron chi connectivity index (χ0n) is 21.0. The fourth-order valence-electron chi connectivity index (χ4n) is 4.53. The lowest BCUT2D eigenvalue weighted by Gasteiger charge is -2.27. The molecule has 1 heterocycles. The number of aliphatic hydroxyl groups excluding tert-OH is 1. The Morgan fingerprint density at radius 1 is 0.949 bits per heavy atom. The molecule has 0 spiro atoms. The maximum Gasteiger partial charge on any atom is 0.326 e. The second-order valence-electron chi connectivity index (χ2n) is 9.54. The minimum atomic E-state index is -1.28. The molecule has 2 fully saturated rings. The van der Waals surface area contributed by atoms with E-state index in [9.17, 15) is 24.6 Å². The summed E-state index contributed by atoms with van der Waals surface area (Å²) in [5.74, 6) is -1.97. The van der Waals surface area contributed by atoms with Gasteiger partial charge in [0.25, 0.3) is 11.8 Å². The third kappa shape index (κ3) is 7.83. The van der Waals surface area contributed by atoms with E-state index in [2.05, 4.69) is 10.6 Å². The molecule has 0 bridgehead atoms. The summed E-state index contributed by atoms with van der Waals surface area (Å²) < 4.78 is 16.4. The predicted octanol–water partition coefficient (Wildman–Crippen LogP) is 2.85. The van der Waals surface area contributed by atoms with Crippen molar-refractivity contribution in [1.29, 1.82) is 0 Å². The molecule has 1 aliphatic heterocycles. The number of carbonyl (C=O) groups is 3. The minimum absolute atomic E-state index is 0.00741. The average molecular weight is 581 g/mol. The molecule has 2 amide bonds. The van der Waals surface area contributed by atoms with Crippen LogP contribution < -0.4 is 15.4 Å². The number of hydrogen-bond acceptors (Lipinski definition) is 7. The van der Waals surface area contributed by atoms with Crippen molar-refractivity contribution in [2.45, 2.75) is 69.1 Å². The summed E-state index contributed by atoms with van der Waals surface area (Å²) in [5.41, 5.74) is 1.30. The number of rotatable bonds is 10. The zero-order valence-corrected chi connectivity index (χ0v) is 22.5. The van der Waals surface area contributed by atoms with Crippen LogP contribution in [0.15, 0.2) is 42.5 Å². The van der Waals surface area contributed by atoms with E-state index in [1.165, 1.54) is 0 Å². The van der Waals surface area contributed by atoms with Crippen LogP contribution in [0, 0.1) is 0 Å². The standard InChI is InChI=1S/C27H30Cl2N2O8/c28-20-2-1-3-21(29)19(20)13-37-18-10-4-15(5-11-18)12-22(27(35)36)31-26(34)24-23(38-14-39-24)25(33)30-16-6-8-17(32)9-7-16/h1-5,10-11,16-17,22-24,32H,6-9,12-14H2,(H,30,33)(H,31,34)(H,35,36). The minimum Gasteiger partial charge on any atom is -0.489 e. The van der Waals surface area contributed by atoms with Gasteiger partial charge in [-0.05, 0) is 55.5 Å². The lowest BCUT2D eigenvalue weighted by molar-refractivity contribution is -0.144. The van der Waals surface area contributed by atoms with E-state index in [1.807, 2.05) is 0 Å². The van der Waals surface area contributed by atoms with Crippen LogP contribution in [0.2, 0.25) is 10.0 Å². The van der Waals surface area contributed by atoms with Crippen molar-refractivity contribution in [1.82, 2.24) is 10.6 Å². The monoisotopic (exact) mass is 580 g/mol. The zero-order chi connectivity index (χ0) is 27.9. The Labute approximate surface area is 235 Å². The molecule has 2 aromatic carbocycles. The Morgan fingerprint density at radius 3 is 2.18 bits per heavy atom. The van der Waals surface area contributed by atoms with Crippen molar-refractivity contribution in [3.63, 3.8) is 0 Å². The number of carboxylic acids is 1. The molecule has 10 nitrogen and oxygen atoms in total. The summed E-state index contributed by atoms with van der Waals surface area (Å²) in [6.07, 6.45) is -0.451. The highest BCUT2D eigenvalue weighted by molar-refractivity contribution is 6.35. The van der Waals surface area contributed by atoms with Crippen molar-refractivity contribution in [3.05, 3.63) is 63.6 Å². The maximum absolute atomic E-state index is 12.9. The fourth-order valence-corrected chi connectivity index (χ4v) is 5.03. The summed E-state index contributed by atoms with van der Waals surface area (Å²) in [6, 6.07) is 10.5. The van der Waals surface area contributed by atoms with Gasteiger partial charge < -0.3 is 35.1 Å². The highest BCUT2D eigenvalue weighted by Crippen LogP contribution is 2.26. The average Bonchev–Trinajstić information content (AvgIpc) is 3.41. The van der Waals surface area contributed by atoms with Gasteiger partial charge in [-0.1, -0.05) is 41.4 Å². The lowest BCUT2D eigenvalue weighted by atomic mass is 9.93. The SMILES string of the molecule is O=C(O)C(Cc1ccc(OCc2c(Cl)cccc2Cl)cc1)NC(=O)C1OCOC1C(=O)NC1CCC(O)CC1. The Balaban J connectivity index is 1.31. The van der Waals surface area contributed by atoms with Crippen LogP contribution >= 0.6 is 23.2 Å². The Morgan fingerprint density at radius 2 is 1.56 bits per heavy atom. The van der Waals surface area contributed by atoms with Crippen LogP contribution in [-0.4, -0.2) is 65.2 Å². The van der Waals surface area contributed by atoms with Crippen LogP contribution in [0.3, 0.4) is 0 Å². The molecule has 1 saturated carbocycles. The fraction of sp³-hybridized carbons (Fsp3) is 0.444. The topological polar surface area (TPSA) is 143 Å². The van der Waals surface area contributed by atoms with E-state index in [1.54, 1.807) is 42.5 Å². The van der Waals surface area contributed by atoms with Gasteiger partial charge in [0.05, 0.1) is 6.10 Å². The number of nitrogens with one attached hydrogen (secondary N) is 2. The summed E-state index contributed by atoms with van der Waals surface area (Å²) in [7, 11) is 0. The third-order valence-corrected chi connectivity index (χ3v) is 7.46. The van der Waals surface area contributed by atoms with Gasteiger partial charge in [0.2, 0.25) is 0 Å². The number of hydrogen-bond donors (Lipinski definition) is 4. The Kier molecular flexibility index (Phi) is 10.0. The van der Waals surface area contributed by atoms with Crippen LogP contribution in [0.4, 0.5) is 0 Å². The largest absolute Gasteiger partial charge is 0.489 e. The number of halogens is 2. The molecule has 3 unspecified atom stereocenters. The second-order valence-corrected chi connectivity index (χ2v) is 10.4. The van der Waals surface area contributed by atoms with Gasteiger partial charge in [0.15, 0.2) is 12.2 Å². The summed E-state index contributed by atoms with van der Waals surface area (Å²) in [5, 5.41) is 25.6. The molecule has 1 aliphatic carbocycles. The molecule has 0 radical (unpaired) electrons. The van der Waals surface area contributed by atoms with Crippen molar-refractivity contribution < 1.29 is 38.8 Å². The molecule has 4 rings (SSSR count). The second kappa shape index (κ2) is 13.5. The van der Waals surface area contributed by atoms with Crippen LogP contribution in [0.5, 0.6) is 5.75 Å². The molecule has 0 aromatic heterocycles. The van der Waals surface area contributed by atoms with Gasteiger partial charge in [-0.15, -0.1) is 0 Å². The van der Waals surface area contributed by atoms with E-state index < -0.39 is 36.0 Å². The first-order chi connectivity index (χ1) is 18.7. The number of aliphatic carboxylic acids is 1. The van der Waals surface area contributed by atoms with Crippen LogP contribution in [0.1, 0.15) is 36.8 Å². The van der Waals surface area contributed by atoms with Crippen molar-refractivity contribution >= 4 is 41.0 Å². The van der Waals surface area contributed by atoms with Gasteiger partial charge in [0, 0.05) is 28.1 Å². The molecule has 12 heteroatoms. The predicted molar refractivity (Wildman–Crippen MR) is 142 cm³/mol. The van der Waals surface area contributed by atoms with Crippen LogP contribution in [-0.2, 0) is 36.9 Å². The molecule has 4 N–H and O–H groups in total. The van der Waals surface area contributed by atoms with Crippen molar-refractivity contribution in [3.8, 4) is 5.75 Å². The molecular formula is C27H30Cl2N2O8. The number of benzene rings is 2. The molecule has 39 heavy (non-hydrogen) atoms. The van der Waals surface area contributed by atoms with Crippen molar-refractivity contribution in [2.24, 2.45) is 0 Å². The Hall–Kier alpha value is -2.89. The molecule has 3 atom stereocenters. The number of amides is 2. The Bertz CT molecular complexity index is 1150. The first-order valence-electron chi connectivity index (χ1n) is 12.6. The highest BCUT2D eigenvalue weighted by atomic mass is 35.5. The number of aliphatic hydroxyl groups is 1. The molecule has 2 aromatic rings. The van der Waals surface area contributed by atoms with Gasteiger partial charge in [-0.2, -0.15) is 0 Å². The maximum atomic E-state index is 12.9. The van der Waals surface area contributed by atoms with Gasteiger partial charge in [0.1, 0.15) is 25.2 Å². The quantitative estimate of drug-likeness (QED) is 0.336. The summed E-state index contributed by atoms with van der Waals surface area (Å²) in [6.45, 7) is -0.106. The van der Waals surface area contributed by atoms with Crippen molar-refractivity contribution in [2.75, 3.05) is 6.79 Å². The number of ether oxygens (including phenoxy) is 3. The van der Waals surface area contributed by atoms with E-state index in [-0.39, 0.29) is 32.0 Å². The highest BCUT2D eigenvalue weighted by Gasteiger charge is 2.42. The molecule has 210 valence electrons. The van der Waals surface area contributed by atoms with E-state index in [0.717, 1.165) is 0 Å². The van der Waals surface area contributed by atoms with Gasteiger partial charge >= 0.3 is 5.97 Å². The molecule has 1 saturated heterocycles. The van der Waals surface area contributed by atoms with E-state index in [0.29, 0.717) is 52.6 Å². The number of carboxylic acid groups (broad SMARTS) is 1. The van der Waals surface area contributed by atoms with E-state index in [4.69, 9.17) is 37.4 Å². The summed E-state index contributed by atoms with van der Waals surface area (Å²) >= 11 is 12.3. The van der Waals surface area contributed by atoms with Gasteiger partial charge in [-0.25, -0.2) is 4.79 Å². The lowest BCUT2D eigenvalue weighted by Crippen LogP contribution is -2.53. The third-order valence-electron chi connectivity index (χ3n) is 6.75. The smallest absolute Gasteiger partial charge is 0.326 e. The summed E-state index contributed by atoms with van der Waals surface area (Å²) in [4.78, 5) is 37.5. The van der Waals surface area contributed by atoms with Gasteiger partial charge in [-0.3, -0.25) is 9.59 Å². The molecular weight excluding hydrogens is 551 g/mol. The van der Waals surface area contributed by atoms with Crippen LogP contribution in [0.25, 0.3) is 0 Å². The normalized spacial score (nSPS) is 23.6. The first kappa shape index (κ1) is 29.1. The molecule has 2 aliphatic rings.